The number of halogens is 2. The third-order valence-corrected chi connectivity index (χ3v) is 9.10. The number of carboxylic acids is 1. The maximum Gasteiger partial charge on any atom is 0.303 e. The smallest absolute Gasteiger partial charge is 0.303 e. The predicted octanol–water partition coefficient (Wildman–Crippen LogP) is 7.44. The molecule has 1 aliphatic heterocycles. The first kappa shape index (κ1) is 29.4. The number of hydrogen-bond acceptors (Lipinski definition) is 6. The van der Waals surface area contributed by atoms with Gasteiger partial charge in [-0.2, -0.15) is 0 Å². The highest BCUT2D eigenvalue weighted by Gasteiger charge is 2.37. The molecular weight excluding hydrogens is 539 g/mol. The number of thioether (sulfide) groups is 1. The Morgan fingerprint density at radius 2 is 1.85 bits per heavy atom. The minimum atomic E-state index is -1.33. The van der Waals surface area contributed by atoms with Crippen LogP contribution in [0.25, 0.3) is 10.9 Å². The molecule has 3 aromatic rings. The van der Waals surface area contributed by atoms with Gasteiger partial charge in [0.05, 0.1) is 31.2 Å². The topological polar surface area (TPSA) is 71.9 Å². The molecule has 6 nitrogen and oxygen atoms in total. The van der Waals surface area contributed by atoms with Crippen LogP contribution in [0.5, 0.6) is 11.5 Å². The lowest BCUT2D eigenvalue weighted by atomic mass is 9.71. The highest BCUT2D eigenvalue weighted by molar-refractivity contribution is 7.99. The number of methoxy groups -OCH3 is 2. The van der Waals surface area contributed by atoms with Gasteiger partial charge < -0.3 is 19.5 Å². The van der Waals surface area contributed by atoms with Gasteiger partial charge >= 0.3 is 5.97 Å². The average molecular weight is 575 g/mol. The van der Waals surface area contributed by atoms with Gasteiger partial charge in [0.2, 0.25) is 0 Å². The van der Waals surface area contributed by atoms with Gasteiger partial charge in [-0.25, -0.2) is 4.39 Å². The van der Waals surface area contributed by atoms with E-state index >= 15 is 4.39 Å². The van der Waals surface area contributed by atoms with E-state index in [4.69, 9.17) is 21.1 Å². The second-order valence-corrected chi connectivity index (χ2v) is 11.8. The molecule has 0 saturated carbocycles. The van der Waals surface area contributed by atoms with Crippen LogP contribution in [0.4, 0.5) is 4.39 Å². The van der Waals surface area contributed by atoms with Gasteiger partial charge in [0.15, 0.2) is 0 Å². The number of fused-ring (bicyclic) bond motifs is 1. The fourth-order valence-electron chi connectivity index (χ4n) is 5.43. The summed E-state index contributed by atoms with van der Waals surface area (Å²) in [6.07, 6.45) is 3.46. The highest BCUT2D eigenvalue weighted by atomic mass is 35.5. The number of nitrogens with zero attached hydrogens (tertiary/aromatic N) is 2. The number of carbonyl (C=O) groups is 1. The van der Waals surface area contributed by atoms with Crippen LogP contribution >= 0.6 is 23.4 Å². The zero-order valence-corrected chi connectivity index (χ0v) is 24.1. The molecule has 0 bridgehead atoms. The fourth-order valence-corrected chi connectivity index (χ4v) is 6.53. The van der Waals surface area contributed by atoms with Crippen molar-refractivity contribution in [3.05, 3.63) is 59.2 Å². The molecule has 39 heavy (non-hydrogen) atoms. The number of pyridine rings is 1. The number of carboxylic acid groups (broad SMARTS) is 1. The standard InChI is InChI=1S/C30H36ClFN2O4S/c1-37-21-4-7-23(8-5-21)39-17-3-14-34-15-12-30(13-16-34,19-28(35)36)11-10-26(32)29-24-18-22(38-2)6-9-27(24)33-20-25(29)31/h4-9,18,20,26H,3,10-17,19H2,1-2H3,(H,35,36)/t26-/m0/s1. The minimum absolute atomic E-state index is 0.0551. The lowest BCUT2D eigenvalue weighted by molar-refractivity contribution is -0.141. The number of aromatic nitrogens is 1. The van der Waals surface area contributed by atoms with Crippen molar-refractivity contribution in [2.24, 2.45) is 5.41 Å². The molecular formula is C30H36ClFN2O4S. The lowest BCUT2D eigenvalue weighted by Crippen LogP contribution is -2.41. The first-order valence-electron chi connectivity index (χ1n) is 13.3. The molecule has 1 aliphatic rings. The van der Waals surface area contributed by atoms with E-state index in [9.17, 15) is 9.90 Å². The number of piperidine rings is 1. The summed E-state index contributed by atoms with van der Waals surface area (Å²) in [4.78, 5) is 19.7. The molecule has 1 saturated heterocycles. The van der Waals surface area contributed by atoms with E-state index in [0.29, 0.717) is 28.6 Å². The molecule has 1 N–H and O–H groups in total. The van der Waals surface area contributed by atoms with Crippen molar-refractivity contribution >= 4 is 40.2 Å². The van der Waals surface area contributed by atoms with Gasteiger partial charge in [-0.05, 0) is 105 Å². The van der Waals surface area contributed by atoms with Gasteiger partial charge in [0, 0.05) is 22.0 Å². The molecule has 1 fully saturated rings. The van der Waals surface area contributed by atoms with Crippen LogP contribution in [0.3, 0.4) is 0 Å². The molecule has 2 aromatic carbocycles. The second-order valence-electron chi connectivity index (χ2n) is 10.2. The molecule has 1 atom stereocenters. The predicted molar refractivity (Wildman–Crippen MR) is 155 cm³/mol. The van der Waals surface area contributed by atoms with Crippen LogP contribution in [0, 0.1) is 5.41 Å². The first-order valence-corrected chi connectivity index (χ1v) is 14.7. The van der Waals surface area contributed by atoms with Gasteiger partial charge in [-0.1, -0.05) is 11.6 Å². The van der Waals surface area contributed by atoms with Crippen molar-refractivity contribution in [1.82, 2.24) is 9.88 Å². The van der Waals surface area contributed by atoms with Crippen molar-refractivity contribution in [2.45, 2.75) is 49.6 Å². The second kappa shape index (κ2) is 13.7. The largest absolute Gasteiger partial charge is 0.497 e. The van der Waals surface area contributed by atoms with Crippen LogP contribution in [0.15, 0.2) is 53.6 Å². The zero-order chi connectivity index (χ0) is 27.8. The van der Waals surface area contributed by atoms with Gasteiger partial charge in [0.25, 0.3) is 0 Å². The average Bonchev–Trinajstić information content (AvgIpc) is 2.94. The number of rotatable bonds is 13. The Bertz CT molecular complexity index is 1250. The Morgan fingerprint density at radius 1 is 1.15 bits per heavy atom. The summed E-state index contributed by atoms with van der Waals surface area (Å²) in [6.45, 7) is 2.62. The molecule has 2 heterocycles. The molecule has 210 valence electrons. The summed E-state index contributed by atoms with van der Waals surface area (Å²) in [5.41, 5.74) is 0.631. The number of ether oxygens (including phenoxy) is 2. The molecule has 0 radical (unpaired) electrons. The van der Waals surface area contributed by atoms with E-state index in [1.807, 2.05) is 23.9 Å². The monoisotopic (exact) mass is 574 g/mol. The van der Waals surface area contributed by atoms with Gasteiger partial charge in [0.1, 0.15) is 17.7 Å². The van der Waals surface area contributed by atoms with Gasteiger partial charge in [-0.3, -0.25) is 9.78 Å². The molecule has 0 amide bonds. The van der Waals surface area contributed by atoms with Crippen molar-refractivity contribution in [1.29, 1.82) is 0 Å². The highest BCUT2D eigenvalue weighted by Crippen LogP contribution is 2.44. The Labute approximate surface area is 238 Å². The number of benzene rings is 2. The Kier molecular flexibility index (Phi) is 10.3. The quantitative estimate of drug-likeness (QED) is 0.168. The summed E-state index contributed by atoms with van der Waals surface area (Å²) < 4.78 is 26.3. The third kappa shape index (κ3) is 7.77. The van der Waals surface area contributed by atoms with Gasteiger partial charge in [-0.15, -0.1) is 11.8 Å². The minimum Gasteiger partial charge on any atom is -0.497 e. The van der Waals surface area contributed by atoms with Crippen LogP contribution in [-0.2, 0) is 4.79 Å². The van der Waals surface area contributed by atoms with E-state index in [0.717, 1.165) is 50.4 Å². The molecule has 0 unspecified atom stereocenters. The summed E-state index contributed by atoms with van der Waals surface area (Å²) in [5.74, 6) is 1.65. The maximum atomic E-state index is 15.8. The molecule has 0 spiro atoms. The molecule has 9 heteroatoms. The van der Waals surface area contributed by atoms with E-state index in [2.05, 4.69) is 22.0 Å². The lowest BCUT2D eigenvalue weighted by Gasteiger charge is -2.41. The Morgan fingerprint density at radius 3 is 2.51 bits per heavy atom. The summed E-state index contributed by atoms with van der Waals surface area (Å²) in [7, 11) is 3.23. The van der Waals surface area contributed by atoms with Crippen LogP contribution in [0.1, 0.15) is 50.3 Å². The molecule has 1 aromatic heterocycles. The van der Waals surface area contributed by atoms with Crippen molar-refractivity contribution in [2.75, 3.05) is 39.6 Å². The number of likely N-dealkylation sites (tertiary alicyclic amines) is 1. The zero-order valence-electron chi connectivity index (χ0n) is 22.5. The van der Waals surface area contributed by atoms with Crippen molar-refractivity contribution in [3.8, 4) is 11.5 Å². The van der Waals surface area contributed by atoms with E-state index in [1.54, 1.807) is 32.4 Å². The fraction of sp³-hybridized carbons (Fsp3) is 0.467. The van der Waals surface area contributed by atoms with Crippen LogP contribution in [0.2, 0.25) is 5.02 Å². The normalized spacial score (nSPS) is 16.2. The summed E-state index contributed by atoms with van der Waals surface area (Å²) >= 11 is 8.24. The summed E-state index contributed by atoms with van der Waals surface area (Å²) in [5, 5.41) is 10.6. The third-order valence-electron chi connectivity index (χ3n) is 7.70. The SMILES string of the molecule is COc1ccc(SCCCN2CCC(CC[C@H](F)c3c(Cl)cnc4ccc(OC)cc34)(CC(=O)O)CC2)cc1. The first-order chi connectivity index (χ1) is 18.8. The van der Waals surface area contributed by atoms with Crippen molar-refractivity contribution < 1.29 is 23.8 Å². The number of alkyl halides is 1. The molecule has 0 aliphatic carbocycles. The van der Waals surface area contributed by atoms with E-state index in [-0.39, 0.29) is 17.9 Å². The van der Waals surface area contributed by atoms with E-state index < -0.39 is 17.6 Å². The Hall–Kier alpha value is -2.55. The summed E-state index contributed by atoms with van der Waals surface area (Å²) in [6, 6.07) is 13.4. The number of hydrogen-bond donors (Lipinski definition) is 1. The number of aliphatic carboxylic acids is 1. The maximum absolute atomic E-state index is 15.8. The van der Waals surface area contributed by atoms with Crippen molar-refractivity contribution in [3.63, 3.8) is 0 Å². The molecule has 4 rings (SSSR count). The van der Waals surface area contributed by atoms with Crippen LogP contribution in [-0.4, -0.2) is 60.6 Å². The van der Waals surface area contributed by atoms with Crippen LogP contribution < -0.4 is 9.47 Å². The van der Waals surface area contributed by atoms with E-state index in [1.165, 1.54) is 11.1 Å². The Balaban J connectivity index is 1.33.